The zero-order valence-corrected chi connectivity index (χ0v) is 9.15. The molecule has 0 radical (unpaired) electrons. The third-order valence-corrected chi connectivity index (χ3v) is 2.71. The van der Waals surface area contributed by atoms with Gasteiger partial charge in [0.25, 0.3) is 6.01 Å². The van der Waals surface area contributed by atoms with E-state index in [1.807, 2.05) is 0 Å². The molecule has 0 bridgehead atoms. The summed E-state index contributed by atoms with van der Waals surface area (Å²) in [6, 6.07) is 0.742. The second kappa shape index (κ2) is 4.63. The van der Waals surface area contributed by atoms with E-state index in [-0.39, 0.29) is 0 Å². The first-order valence-corrected chi connectivity index (χ1v) is 5.37. The predicted molar refractivity (Wildman–Crippen MR) is 59.0 cm³/mol. The average Bonchev–Trinajstić information content (AvgIpc) is 2.68. The Bertz CT molecular complexity index is 304. The molecule has 0 unspecified atom stereocenters. The summed E-state index contributed by atoms with van der Waals surface area (Å²) in [5.41, 5.74) is 6.41. The maximum atomic E-state index is 5.46. The lowest BCUT2D eigenvalue weighted by molar-refractivity contribution is 0.305. The minimum Gasteiger partial charge on any atom is -0.432 e. The van der Waals surface area contributed by atoms with E-state index in [2.05, 4.69) is 21.8 Å². The van der Waals surface area contributed by atoms with E-state index in [1.54, 1.807) is 6.26 Å². The van der Waals surface area contributed by atoms with Crippen LogP contribution in [0.4, 0.5) is 6.01 Å². The van der Waals surface area contributed by atoms with Gasteiger partial charge in [-0.15, -0.1) is 0 Å². The summed E-state index contributed by atoms with van der Waals surface area (Å²) in [5.74, 6) is 0. The number of likely N-dealkylation sites (N-methyl/N-ethyl adjacent to an activating group) is 1. The van der Waals surface area contributed by atoms with E-state index < -0.39 is 0 Å². The van der Waals surface area contributed by atoms with E-state index in [9.17, 15) is 0 Å². The predicted octanol–water partition coefficient (Wildman–Crippen LogP) is -0.0724. The van der Waals surface area contributed by atoms with Crippen molar-refractivity contribution >= 4 is 6.01 Å². The van der Waals surface area contributed by atoms with Crippen LogP contribution in [-0.4, -0.2) is 49.7 Å². The fourth-order valence-corrected chi connectivity index (χ4v) is 1.70. The van der Waals surface area contributed by atoms with Crippen LogP contribution < -0.4 is 10.6 Å². The Kier molecular flexibility index (Phi) is 3.23. The minimum atomic E-state index is 0.620. The van der Waals surface area contributed by atoms with Crippen LogP contribution in [0.3, 0.4) is 0 Å². The van der Waals surface area contributed by atoms with Crippen molar-refractivity contribution < 1.29 is 4.42 Å². The van der Waals surface area contributed by atoms with Crippen molar-refractivity contribution in [2.24, 2.45) is 5.73 Å². The van der Waals surface area contributed by atoms with E-state index in [1.165, 1.54) is 0 Å². The normalized spacial score (nSPS) is 18.4. The summed E-state index contributed by atoms with van der Waals surface area (Å²) in [5, 5.41) is 0. The van der Waals surface area contributed by atoms with Gasteiger partial charge in [0, 0.05) is 32.6 Å². The van der Waals surface area contributed by atoms with Crippen LogP contribution in [0.2, 0.25) is 0 Å². The molecular formula is C10H18N4O. The van der Waals surface area contributed by atoms with Crippen LogP contribution in [0.1, 0.15) is 5.69 Å². The summed E-state index contributed by atoms with van der Waals surface area (Å²) < 4.78 is 5.43. The molecule has 0 saturated carbocycles. The van der Waals surface area contributed by atoms with Crippen molar-refractivity contribution in [1.82, 2.24) is 9.88 Å². The molecule has 0 aliphatic carbocycles. The molecule has 1 aliphatic heterocycles. The van der Waals surface area contributed by atoms with Gasteiger partial charge in [-0.1, -0.05) is 0 Å². The quantitative estimate of drug-likeness (QED) is 0.756. The molecule has 2 rings (SSSR count). The van der Waals surface area contributed by atoms with Gasteiger partial charge in [-0.2, -0.15) is 4.98 Å². The largest absolute Gasteiger partial charge is 0.432 e. The number of nitrogens with two attached hydrogens (primary N) is 1. The lowest BCUT2D eigenvalue weighted by atomic mass is 10.3. The molecule has 1 fully saturated rings. The highest BCUT2D eigenvalue weighted by Crippen LogP contribution is 2.15. The van der Waals surface area contributed by atoms with Crippen molar-refractivity contribution in [3.63, 3.8) is 0 Å². The highest BCUT2D eigenvalue weighted by Gasteiger charge is 2.18. The van der Waals surface area contributed by atoms with E-state index in [4.69, 9.17) is 10.2 Å². The van der Waals surface area contributed by atoms with Gasteiger partial charge in [-0.3, -0.25) is 0 Å². The summed E-state index contributed by atoms with van der Waals surface area (Å²) >= 11 is 0. The number of hydrogen-bond acceptors (Lipinski definition) is 5. The van der Waals surface area contributed by atoms with Crippen LogP contribution in [0.15, 0.2) is 10.7 Å². The lowest BCUT2D eigenvalue weighted by Gasteiger charge is -2.31. The zero-order chi connectivity index (χ0) is 10.7. The molecule has 0 atom stereocenters. The molecule has 5 nitrogen and oxygen atoms in total. The van der Waals surface area contributed by atoms with E-state index >= 15 is 0 Å². The highest BCUT2D eigenvalue weighted by atomic mass is 16.4. The van der Waals surface area contributed by atoms with Crippen LogP contribution in [0, 0.1) is 0 Å². The molecule has 15 heavy (non-hydrogen) atoms. The Labute approximate surface area is 89.9 Å². The molecular weight excluding hydrogens is 192 g/mol. The Balaban J connectivity index is 1.96. The van der Waals surface area contributed by atoms with Gasteiger partial charge in [0.15, 0.2) is 0 Å². The number of hydrogen-bond donors (Lipinski definition) is 1. The minimum absolute atomic E-state index is 0.620. The Hall–Kier alpha value is -1.07. The third-order valence-electron chi connectivity index (χ3n) is 2.71. The monoisotopic (exact) mass is 210 g/mol. The molecule has 0 aromatic carbocycles. The van der Waals surface area contributed by atoms with Gasteiger partial charge in [-0.05, 0) is 13.6 Å². The first kappa shape index (κ1) is 10.4. The maximum absolute atomic E-state index is 5.46. The number of nitrogens with zero attached hydrogens (tertiary/aromatic N) is 3. The number of aromatic nitrogens is 1. The second-order valence-electron chi connectivity index (χ2n) is 3.95. The van der Waals surface area contributed by atoms with Crippen molar-refractivity contribution in [2.75, 3.05) is 44.7 Å². The van der Waals surface area contributed by atoms with Gasteiger partial charge in [0.05, 0.1) is 5.69 Å². The van der Waals surface area contributed by atoms with Gasteiger partial charge in [0.1, 0.15) is 6.26 Å². The molecule has 2 heterocycles. The van der Waals surface area contributed by atoms with Gasteiger partial charge in [-0.25, -0.2) is 0 Å². The number of anilines is 1. The standard InChI is InChI=1S/C10H18N4O/c1-13-4-6-14(7-5-13)10-12-9(2-3-11)8-15-10/h8H,2-7,11H2,1H3. The smallest absolute Gasteiger partial charge is 0.297 e. The lowest BCUT2D eigenvalue weighted by Crippen LogP contribution is -2.44. The van der Waals surface area contributed by atoms with Crippen molar-refractivity contribution in [2.45, 2.75) is 6.42 Å². The van der Waals surface area contributed by atoms with Crippen LogP contribution in [-0.2, 0) is 6.42 Å². The maximum Gasteiger partial charge on any atom is 0.297 e. The SMILES string of the molecule is CN1CCN(c2nc(CCN)co2)CC1. The summed E-state index contributed by atoms with van der Waals surface area (Å²) in [6.45, 7) is 4.72. The highest BCUT2D eigenvalue weighted by molar-refractivity contribution is 5.27. The number of rotatable bonds is 3. The zero-order valence-electron chi connectivity index (χ0n) is 9.15. The molecule has 0 amide bonds. The van der Waals surface area contributed by atoms with Gasteiger partial charge in [0.2, 0.25) is 0 Å². The van der Waals surface area contributed by atoms with E-state index in [0.717, 1.165) is 44.3 Å². The van der Waals surface area contributed by atoms with Crippen molar-refractivity contribution in [3.8, 4) is 0 Å². The van der Waals surface area contributed by atoms with Gasteiger partial charge < -0.3 is 20.0 Å². The molecule has 0 spiro atoms. The van der Waals surface area contributed by atoms with Crippen LogP contribution in [0.25, 0.3) is 0 Å². The molecule has 1 saturated heterocycles. The molecule has 1 aliphatic rings. The molecule has 5 heteroatoms. The third kappa shape index (κ3) is 2.49. The first-order chi connectivity index (χ1) is 7.29. The van der Waals surface area contributed by atoms with Crippen molar-refractivity contribution in [3.05, 3.63) is 12.0 Å². The Morgan fingerprint density at radius 2 is 2.13 bits per heavy atom. The van der Waals surface area contributed by atoms with Gasteiger partial charge >= 0.3 is 0 Å². The topological polar surface area (TPSA) is 58.5 Å². The summed E-state index contributed by atoms with van der Waals surface area (Å²) in [7, 11) is 2.13. The summed E-state index contributed by atoms with van der Waals surface area (Å²) in [6.07, 6.45) is 2.50. The number of piperazine rings is 1. The average molecular weight is 210 g/mol. The summed E-state index contributed by atoms with van der Waals surface area (Å²) in [4.78, 5) is 8.90. The first-order valence-electron chi connectivity index (χ1n) is 5.37. The van der Waals surface area contributed by atoms with E-state index in [0.29, 0.717) is 6.54 Å². The molecule has 1 aromatic heterocycles. The fourth-order valence-electron chi connectivity index (χ4n) is 1.70. The Morgan fingerprint density at radius 1 is 1.40 bits per heavy atom. The Morgan fingerprint density at radius 3 is 2.80 bits per heavy atom. The van der Waals surface area contributed by atoms with Crippen LogP contribution >= 0.6 is 0 Å². The van der Waals surface area contributed by atoms with Crippen LogP contribution in [0.5, 0.6) is 0 Å². The van der Waals surface area contributed by atoms with Crippen molar-refractivity contribution in [1.29, 1.82) is 0 Å². The fraction of sp³-hybridized carbons (Fsp3) is 0.700. The molecule has 84 valence electrons. The molecule has 2 N–H and O–H groups in total. The molecule has 1 aromatic rings. The number of oxazole rings is 1. The second-order valence-corrected chi connectivity index (χ2v) is 3.95.